The molecular formula is C16H32IN3OS. The van der Waals surface area contributed by atoms with E-state index in [9.17, 15) is 5.11 Å². The number of thioether (sulfide) groups is 1. The molecule has 0 aromatic heterocycles. The van der Waals surface area contributed by atoms with Gasteiger partial charge >= 0.3 is 0 Å². The van der Waals surface area contributed by atoms with E-state index in [-0.39, 0.29) is 35.5 Å². The molecule has 0 aromatic rings. The second kappa shape index (κ2) is 9.57. The van der Waals surface area contributed by atoms with Crippen LogP contribution in [0, 0.1) is 5.41 Å². The molecule has 0 amide bonds. The van der Waals surface area contributed by atoms with Crippen LogP contribution in [-0.4, -0.2) is 59.8 Å². The van der Waals surface area contributed by atoms with E-state index in [2.05, 4.69) is 40.8 Å². The van der Waals surface area contributed by atoms with Crippen molar-refractivity contribution in [1.29, 1.82) is 0 Å². The van der Waals surface area contributed by atoms with Gasteiger partial charge < -0.3 is 15.3 Å². The molecule has 2 aliphatic rings. The van der Waals surface area contributed by atoms with Crippen molar-refractivity contribution in [2.24, 2.45) is 10.4 Å². The number of halogens is 1. The number of guanidine groups is 1. The zero-order chi connectivity index (χ0) is 15.3. The van der Waals surface area contributed by atoms with Gasteiger partial charge in [-0.25, -0.2) is 0 Å². The largest absolute Gasteiger partial charge is 0.392 e. The Hall–Kier alpha value is 0.310. The van der Waals surface area contributed by atoms with Gasteiger partial charge in [0, 0.05) is 43.1 Å². The average molecular weight is 441 g/mol. The Bertz CT molecular complexity index is 369. The van der Waals surface area contributed by atoms with Crippen LogP contribution in [0.1, 0.15) is 46.0 Å². The molecule has 2 N–H and O–H groups in total. The molecule has 0 aromatic carbocycles. The summed E-state index contributed by atoms with van der Waals surface area (Å²) >= 11 is 2.08. The van der Waals surface area contributed by atoms with Gasteiger partial charge in [-0.1, -0.05) is 26.7 Å². The maximum Gasteiger partial charge on any atom is 0.193 e. The molecule has 22 heavy (non-hydrogen) atoms. The lowest BCUT2D eigenvalue weighted by Crippen LogP contribution is -2.52. The number of hydrogen-bond acceptors (Lipinski definition) is 3. The fourth-order valence-electron chi connectivity index (χ4n) is 3.36. The normalized spacial score (nSPS) is 33.3. The monoisotopic (exact) mass is 441 g/mol. The number of aliphatic hydroxyl groups is 1. The van der Waals surface area contributed by atoms with E-state index >= 15 is 0 Å². The molecule has 0 spiro atoms. The van der Waals surface area contributed by atoms with Gasteiger partial charge in [-0.3, -0.25) is 4.99 Å². The number of nitrogens with one attached hydrogen (secondary N) is 1. The van der Waals surface area contributed by atoms with E-state index in [0.29, 0.717) is 5.25 Å². The highest BCUT2D eigenvalue weighted by Crippen LogP contribution is 2.35. The second-order valence-corrected chi connectivity index (χ2v) is 8.07. The minimum atomic E-state index is -0.183. The first kappa shape index (κ1) is 20.4. The Morgan fingerprint density at radius 1 is 1.45 bits per heavy atom. The fraction of sp³-hybridized carbons (Fsp3) is 0.938. The molecule has 4 nitrogen and oxygen atoms in total. The number of aliphatic imine (C=N–C) groups is 1. The van der Waals surface area contributed by atoms with Crippen molar-refractivity contribution < 1.29 is 5.11 Å². The number of rotatable bonds is 3. The average Bonchev–Trinajstić information content (AvgIpc) is 2.51. The maximum atomic E-state index is 10.3. The molecule has 1 saturated heterocycles. The van der Waals surface area contributed by atoms with Gasteiger partial charge in [0.2, 0.25) is 0 Å². The van der Waals surface area contributed by atoms with Crippen LogP contribution in [0.25, 0.3) is 0 Å². The molecule has 2 rings (SSSR count). The van der Waals surface area contributed by atoms with E-state index in [4.69, 9.17) is 0 Å². The molecular weight excluding hydrogens is 409 g/mol. The zero-order valence-electron chi connectivity index (χ0n) is 14.2. The highest BCUT2D eigenvalue weighted by molar-refractivity contribution is 14.0. The summed E-state index contributed by atoms with van der Waals surface area (Å²) < 4.78 is 0. The molecule has 1 aliphatic heterocycles. The summed E-state index contributed by atoms with van der Waals surface area (Å²) in [7, 11) is 1.87. The van der Waals surface area contributed by atoms with Crippen molar-refractivity contribution in [3.8, 4) is 0 Å². The quantitative estimate of drug-likeness (QED) is 0.402. The summed E-state index contributed by atoms with van der Waals surface area (Å²) in [5.74, 6) is 2.19. The van der Waals surface area contributed by atoms with Crippen LogP contribution in [0.3, 0.4) is 0 Å². The van der Waals surface area contributed by atoms with E-state index in [1.807, 2.05) is 7.05 Å². The molecule has 1 saturated carbocycles. The number of aliphatic hydroxyl groups excluding tert-OH is 1. The van der Waals surface area contributed by atoms with Crippen LogP contribution in [0.5, 0.6) is 0 Å². The van der Waals surface area contributed by atoms with Gasteiger partial charge in [0.1, 0.15) is 0 Å². The van der Waals surface area contributed by atoms with Gasteiger partial charge in [0.05, 0.1) is 6.10 Å². The van der Waals surface area contributed by atoms with Crippen molar-refractivity contribution in [2.45, 2.75) is 57.3 Å². The Labute approximate surface area is 156 Å². The predicted octanol–water partition coefficient (Wildman–Crippen LogP) is 2.95. The first-order valence-corrected chi connectivity index (χ1v) is 9.39. The van der Waals surface area contributed by atoms with Crippen LogP contribution in [0.15, 0.2) is 4.99 Å². The summed E-state index contributed by atoms with van der Waals surface area (Å²) in [4.78, 5) is 6.84. The maximum absolute atomic E-state index is 10.3. The molecule has 1 heterocycles. The van der Waals surface area contributed by atoms with Crippen molar-refractivity contribution in [3.05, 3.63) is 0 Å². The Balaban J connectivity index is 0.00000242. The van der Waals surface area contributed by atoms with Crippen LogP contribution in [-0.2, 0) is 0 Å². The van der Waals surface area contributed by atoms with Crippen LogP contribution in [0.2, 0.25) is 0 Å². The third kappa shape index (κ3) is 5.16. The topological polar surface area (TPSA) is 47.9 Å². The summed E-state index contributed by atoms with van der Waals surface area (Å²) in [5.41, 5.74) is -0.0110. The van der Waals surface area contributed by atoms with Crippen LogP contribution in [0.4, 0.5) is 0 Å². The van der Waals surface area contributed by atoms with Crippen LogP contribution >= 0.6 is 35.7 Å². The third-order valence-electron chi connectivity index (χ3n) is 5.04. The summed E-state index contributed by atoms with van der Waals surface area (Å²) in [6, 6.07) is 0. The first-order valence-electron chi connectivity index (χ1n) is 8.34. The first-order chi connectivity index (χ1) is 10.1. The van der Waals surface area contributed by atoms with Crippen molar-refractivity contribution in [2.75, 3.05) is 32.4 Å². The van der Waals surface area contributed by atoms with Crippen molar-refractivity contribution in [1.82, 2.24) is 10.2 Å². The minimum absolute atomic E-state index is 0. The van der Waals surface area contributed by atoms with Gasteiger partial charge in [0.25, 0.3) is 0 Å². The van der Waals surface area contributed by atoms with Gasteiger partial charge in [0.15, 0.2) is 5.96 Å². The highest BCUT2D eigenvalue weighted by Gasteiger charge is 2.35. The van der Waals surface area contributed by atoms with Gasteiger partial charge in [-0.05, 0) is 19.3 Å². The molecule has 3 atom stereocenters. The summed E-state index contributed by atoms with van der Waals surface area (Å²) in [6.45, 7) is 7.44. The summed E-state index contributed by atoms with van der Waals surface area (Å²) in [5, 5.41) is 14.6. The number of nitrogens with zero attached hydrogens (tertiary/aromatic N) is 2. The molecule has 0 radical (unpaired) electrons. The standard InChI is InChI=1S/C16H31N3OS.HI/c1-4-13-11-19(9-10-21-13)15(17-3)18-12-16(2)8-6-5-7-14(16)20;/h13-14,20H,4-12H2,1-3H3,(H,17,18);1H. The zero-order valence-corrected chi connectivity index (χ0v) is 17.3. The molecule has 130 valence electrons. The summed E-state index contributed by atoms with van der Waals surface area (Å²) in [6.07, 6.45) is 5.46. The molecule has 3 unspecified atom stereocenters. The lowest BCUT2D eigenvalue weighted by molar-refractivity contribution is 0.00366. The fourth-order valence-corrected chi connectivity index (χ4v) is 4.54. The molecule has 2 fully saturated rings. The Kier molecular flexibility index (Phi) is 8.85. The van der Waals surface area contributed by atoms with Gasteiger partial charge in [-0.2, -0.15) is 11.8 Å². The lowest BCUT2D eigenvalue weighted by atomic mass is 9.73. The second-order valence-electron chi connectivity index (χ2n) is 6.66. The Morgan fingerprint density at radius 3 is 2.86 bits per heavy atom. The van der Waals surface area contributed by atoms with E-state index < -0.39 is 0 Å². The molecule has 0 bridgehead atoms. The van der Waals surface area contributed by atoms with Crippen LogP contribution < -0.4 is 5.32 Å². The highest BCUT2D eigenvalue weighted by atomic mass is 127. The van der Waals surface area contributed by atoms with Crippen molar-refractivity contribution >= 4 is 41.7 Å². The Morgan fingerprint density at radius 2 is 2.23 bits per heavy atom. The molecule has 6 heteroatoms. The lowest BCUT2D eigenvalue weighted by Gasteiger charge is -2.40. The van der Waals surface area contributed by atoms with E-state index in [1.54, 1.807) is 0 Å². The van der Waals surface area contributed by atoms with E-state index in [0.717, 1.165) is 44.9 Å². The number of hydrogen-bond donors (Lipinski definition) is 2. The minimum Gasteiger partial charge on any atom is -0.392 e. The van der Waals surface area contributed by atoms with Crippen molar-refractivity contribution in [3.63, 3.8) is 0 Å². The third-order valence-corrected chi connectivity index (χ3v) is 6.41. The predicted molar refractivity (Wildman–Crippen MR) is 107 cm³/mol. The van der Waals surface area contributed by atoms with E-state index in [1.165, 1.54) is 18.6 Å². The van der Waals surface area contributed by atoms with Gasteiger partial charge in [-0.15, -0.1) is 24.0 Å². The SMILES string of the molecule is CCC1CN(C(=NC)NCC2(C)CCCCC2O)CCS1.I. The smallest absolute Gasteiger partial charge is 0.193 e. The molecule has 1 aliphatic carbocycles.